The summed E-state index contributed by atoms with van der Waals surface area (Å²) in [7, 11) is 3.25. The lowest BCUT2D eigenvalue weighted by molar-refractivity contribution is 0.0503. The van der Waals surface area contributed by atoms with Crippen molar-refractivity contribution in [3.63, 3.8) is 0 Å². The van der Waals surface area contributed by atoms with Gasteiger partial charge in [-0.3, -0.25) is 0 Å². The average Bonchev–Trinajstić information content (AvgIpc) is 2.58. The molecule has 124 valence electrons. The van der Waals surface area contributed by atoms with Crippen LogP contribution in [0, 0.1) is 0 Å². The second-order valence-corrected chi connectivity index (χ2v) is 5.62. The molecule has 0 saturated carbocycles. The smallest absolute Gasteiger partial charge is 0.188 e. The lowest BCUT2D eigenvalue weighted by Crippen LogP contribution is -2.18. The maximum Gasteiger partial charge on any atom is 0.188 e. The maximum atomic E-state index is 6.05. The normalized spacial score (nSPS) is 12.0. The molecule has 4 nitrogen and oxygen atoms in total. The molecular weight excluding hydrogens is 314 g/mol. The molecule has 0 radical (unpaired) electrons. The molecule has 0 heterocycles. The Balaban J connectivity index is 2.08. The van der Waals surface area contributed by atoms with Gasteiger partial charge in [0.2, 0.25) is 0 Å². The number of hydrogen-bond donors (Lipinski definition) is 1. The number of rotatable bonds is 8. The zero-order chi connectivity index (χ0) is 16.7. The quantitative estimate of drug-likeness (QED) is 0.734. The molecule has 2 aromatic carbocycles. The first-order valence-corrected chi connectivity index (χ1v) is 7.79. The van der Waals surface area contributed by atoms with E-state index in [1.165, 1.54) is 0 Å². The van der Waals surface area contributed by atoms with Crippen LogP contribution in [0.25, 0.3) is 0 Å². The Morgan fingerprint density at radius 1 is 1.13 bits per heavy atom. The van der Waals surface area contributed by atoms with Crippen LogP contribution < -0.4 is 14.8 Å². The van der Waals surface area contributed by atoms with Crippen molar-refractivity contribution in [3.05, 3.63) is 58.6 Å². The van der Waals surface area contributed by atoms with Crippen LogP contribution in [-0.4, -0.2) is 21.0 Å². The van der Waals surface area contributed by atoms with Gasteiger partial charge in [-0.05, 0) is 42.8 Å². The summed E-state index contributed by atoms with van der Waals surface area (Å²) in [6, 6.07) is 13.7. The molecule has 0 unspecified atom stereocenters. The summed E-state index contributed by atoms with van der Waals surface area (Å²) in [5.74, 6) is 1.57. The molecule has 0 bridgehead atoms. The summed E-state index contributed by atoms with van der Waals surface area (Å²) in [5, 5.41) is 4.21. The number of methoxy groups -OCH3 is 2. The predicted octanol–water partition coefficient (Wildman–Crippen LogP) is 4.18. The maximum absolute atomic E-state index is 6.05. The van der Waals surface area contributed by atoms with Crippen LogP contribution in [0.15, 0.2) is 42.5 Å². The molecule has 0 aliphatic carbocycles. The Labute approximate surface area is 142 Å². The molecule has 0 fully saturated rings. The van der Waals surface area contributed by atoms with Gasteiger partial charge in [0, 0.05) is 30.3 Å². The van der Waals surface area contributed by atoms with Gasteiger partial charge in [-0.1, -0.05) is 23.7 Å². The van der Waals surface area contributed by atoms with Crippen LogP contribution in [0.5, 0.6) is 11.5 Å². The van der Waals surface area contributed by atoms with Crippen molar-refractivity contribution < 1.29 is 14.2 Å². The minimum absolute atomic E-state index is 0.162. The number of ether oxygens (including phenoxy) is 3. The Morgan fingerprint density at radius 2 is 1.96 bits per heavy atom. The fourth-order valence-electron chi connectivity index (χ4n) is 2.24. The van der Waals surface area contributed by atoms with Gasteiger partial charge in [0.1, 0.15) is 11.5 Å². The summed E-state index contributed by atoms with van der Waals surface area (Å²) in [5.41, 5.74) is 2.15. The van der Waals surface area contributed by atoms with Gasteiger partial charge in [-0.25, -0.2) is 0 Å². The van der Waals surface area contributed by atoms with Gasteiger partial charge in [0.15, 0.2) is 6.79 Å². The van der Waals surface area contributed by atoms with E-state index < -0.39 is 0 Å². The molecular formula is C18H22ClNO3. The van der Waals surface area contributed by atoms with Crippen molar-refractivity contribution in [2.45, 2.75) is 19.5 Å². The second kappa shape index (κ2) is 8.77. The van der Waals surface area contributed by atoms with Crippen LogP contribution in [0.3, 0.4) is 0 Å². The van der Waals surface area contributed by atoms with Crippen molar-refractivity contribution in [1.29, 1.82) is 0 Å². The van der Waals surface area contributed by atoms with Gasteiger partial charge in [0.25, 0.3) is 0 Å². The van der Waals surface area contributed by atoms with Crippen molar-refractivity contribution in [3.8, 4) is 11.5 Å². The monoisotopic (exact) mass is 335 g/mol. The molecule has 0 aliphatic heterocycles. The number of halogens is 1. The van der Waals surface area contributed by atoms with Crippen LogP contribution in [0.2, 0.25) is 5.02 Å². The average molecular weight is 336 g/mol. The van der Waals surface area contributed by atoms with E-state index in [2.05, 4.69) is 18.3 Å². The van der Waals surface area contributed by atoms with E-state index in [0.29, 0.717) is 6.54 Å². The van der Waals surface area contributed by atoms with Crippen molar-refractivity contribution in [2.24, 2.45) is 0 Å². The predicted molar refractivity (Wildman–Crippen MR) is 92.2 cm³/mol. The van der Waals surface area contributed by atoms with Crippen LogP contribution in [0.1, 0.15) is 24.1 Å². The summed E-state index contributed by atoms with van der Waals surface area (Å²) in [4.78, 5) is 0. The molecule has 1 atom stereocenters. The topological polar surface area (TPSA) is 39.7 Å². The largest absolute Gasteiger partial charge is 0.497 e. The van der Waals surface area contributed by atoms with E-state index in [0.717, 1.165) is 27.6 Å². The zero-order valence-corrected chi connectivity index (χ0v) is 14.4. The Hall–Kier alpha value is -1.75. The molecule has 0 saturated heterocycles. The molecule has 0 aromatic heterocycles. The summed E-state index contributed by atoms with van der Waals surface area (Å²) < 4.78 is 15.9. The molecule has 0 amide bonds. The molecule has 1 N–H and O–H groups in total. The van der Waals surface area contributed by atoms with Gasteiger partial charge >= 0.3 is 0 Å². The van der Waals surface area contributed by atoms with Crippen molar-refractivity contribution in [2.75, 3.05) is 21.0 Å². The summed E-state index contributed by atoms with van der Waals surface area (Å²) >= 11 is 6.05. The third-order valence-electron chi connectivity index (χ3n) is 3.55. The number of benzene rings is 2. The molecule has 0 aliphatic rings. The van der Waals surface area contributed by atoms with Crippen LogP contribution in [-0.2, 0) is 11.3 Å². The molecule has 2 rings (SSSR count). The Morgan fingerprint density at radius 3 is 2.65 bits per heavy atom. The first-order chi connectivity index (χ1) is 11.1. The standard InChI is InChI=1S/C18H22ClNO3/c1-13(14-5-4-6-16(19)9-14)20-11-15-10-17(22-3)7-8-18(15)23-12-21-2/h4-10,13,20H,11-12H2,1-3H3/t13-/m0/s1. The lowest BCUT2D eigenvalue weighted by Gasteiger charge is -2.17. The van der Waals surface area contributed by atoms with E-state index in [1.54, 1.807) is 14.2 Å². The Kier molecular flexibility index (Phi) is 6.71. The van der Waals surface area contributed by atoms with Crippen LogP contribution >= 0.6 is 11.6 Å². The highest BCUT2D eigenvalue weighted by Crippen LogP contribution is 2.25. The van der Waals surface area contributed by atoms with Gasteiger partial charge in [0.05, 0.1) is 7.11 Å². The van der Waals surface area contributed by atoms with Crippen molar-refractivity contribution in [1.82, 2.24) is 5.32 Å². The van der Waals surface area contributed by atoms with E-state index in [9.17, 15) is 0 Å². The highest BCUT2D eigenvalue weighted by Gasteiger charge is 2.10. The van der Waals surface area contributed by atoms with Crippen molar-refractivity contribution >= 4 is 11.6 Å². The highest BCUT2D eigenvalue weighted by atomic mass is 35.5. The lowest BCUT2D eigenvalue weighted by atomic mass is 10.1. The summed E-state index contributed by atoms with van der Waals surface area (Å²) in [6.07, 6.45) is 0. The van der Waals surface area contributed by atoms with Crippen LogP contribution in [0.4, 0.5) is 0 Å². The van der Waals surface area contributed by atoms with E-state index >= 15 is 0 Å². The first kappa shape index (κ1) is 17.6. The Bertz CT molecular complexity index is 633. The molecule has 0 spiro atoms. The van der Waals surface area contributed by atoms with E-state index in [-0.39, 0.29) is 12.8 Å². The molecule has 23 heavy (non-hydrogen) atoms. The van der Waals surface area contributed by atoms with E-state index in [4.69, 9.17) is 25.8 Å². The zero-order valence-electron chi connectivity index (χ0n) is 13.6. The molecule has 2 aromatic rings. The first-order valence-electron chi connectivity index (χ1n) is 7.41. The fourth-order valence-corrected chi connectivity index (χ4v) is 2.44. The van der Waals surface area contributed by atoms with E-state index in [1.807, 2.05) is 36.4 Å². The number of nitrogens with one attached hydrogen (secondary N) is 1. The minimum Gasteiger partial charge on any atom is -0.497 e. The molecule has 5 heteroatoms. The van der Waals surface area contributed by atoms with Gasteiger partial charge < -0.3 is 19.5 Å². The summed E-state index contributed by atoms with van der Waals surface area (Å²) in [6.45, 7) is 2.95. The third kappa shape index (κ3) is 5.13. The highest BCUT2D eigenvalue weighted by molar-refractivity contribution is 6.30. The third-order valence-corrected chi connectivity index (χ3v) is 3.78. The minimum atomic E-state index is 0.162. The van der Waals surface area contributed by atoms with Gasteiger partial charge in [-0.15, -0.1) is 0 Å². The second-order valence-electron chi connectivity index (χ2n) is 5.18. The van der Waals surface area contributed by atoms with Gasteiger partial charge in [-0.2, -0.15) is 0 Å². The number of hydrogen-bond acceptors (Lipinski definition) is 4. The fraction of sp³-hybridized carbons (Fsp3) is 0.333. The SMILES string of the molecule is COCOc1ccc(OC)cc1CN[C@@H](C)c1cccc(Cl)c1.